The number of aryl methyl sites for hydroxylation is 1. The van der Waals surface area contributed by atoms with E-state index in [1.807, 2.05) is 7.05 Å². The molecule has 0 aliphatic carbocycles. The SMILES string of the molecule is C=C(NCc1ccc(SC)cc1)c1ccc2c(c1)OCCN2c1ccc(NC)c(C)c1. The van der Waals surface area contributed by atoms with Gasteiger partial charge in [-0.05, 0) is 66.8 Å². The van der Waals surface area contributed by atoms with Crippen LogP contribution in [0.15, 0.2) is 72.1 Å². The molecule has 1 aliphatic heterocycles. The van der Waals surface area contributed by atoms with Crippen LogP contribution in [0.2, 0.25) is 0 Å². The molecule has 0 saturated carbocycles. The fraction of sp³-hybridized carbons (Fsp3) is 0.231. The van der Waals surface area contributed by atoms with Crippen LogP contribution in [0, 0.1) is 6.92 Å². The Morgan fingerprint density at radius 1 is 1.10 bits per heavy atom. The van der Waals surface area contributed by atoms with Crippen molar-refractivity contribution in [3.05, 3.63) is 83.9 Å². The third kappa shape index (κ3) is 4.67. The van der Waals surface area contributed by atoms with Gasteiger partial charge in [-0.2, -0.15) is 0 Å². The average molecular weight is 432 g/mol. The molecule has 0 spiro atoms. The van der Waals surface area contributed by atoms with E-state index < -0.39 is 0 Å². The lowest BCUT2D eigenvalue weighted by Gasteiger charge is -2.32. The van der Waals surface area contributed by atoms with E-state index in [2.05, 4.69) is 96.0 Å². The van der Waals surface area contributed by atoms with E-state index in [0.29, 0.717) is 6.61 Å². The predicted molar refractivity (Wildman–Crippen MR) is 134 cm³/mol. The highest BCUT2D eigenvalue weighted by atomic mass is 32.2. The van der Waals surface area contributed by atoms with E-state index in [-0.39, 0.29) is 0 Å². The number of nitrogens with one attached hydrogen (secondary N) is 2. The second kappa shape index (κ2) is 9.40. The van der Waals surface area contributed by atoms with Crippen molar-refractivity contribution in [1.82, 2.24) is 5.32 Å². The summed E-state index contributed by atoms with van der Waals surface area (Å²) in [6.07, 6.45) is 2.09. The molecule has 0 saturated heterocycles. The van der Waals surface area contributed by atoms with Crippen LogP contribution in [0.5, 0.6) is 5.75 Å². The minimum atomic E-state index is 0.658. The van der Waals surface area contributed by atoms with Gasteiger partial charge < -0.3 is 20.3 Å². The molecular formula is C26H29N3OS. The standard InChI is InChI=1S/C26H29N3OS/c1-18-15-22(8-11-24(18)27-3)29-13-14-30-26-16-21(7-12-25(26)29)19(2)28-17-20-5-9-23(31-4)10-6-20/h5-12,15-16,27-28H,2,13-14,17H2,1,3-4H3. The molecule has 3 aromatic rings. The zero-order valence-electron chi connectivity index (χ0n) is 18.4. The normalized spacial score (nSPS) is 12.7. The van der Waals surface area contributed by atoms with Crippen molar-refractivity contribution >= 4 is 34.5 Å². The van der Waals surface area contributed by atoms with Crippen LogP contribution in [-0.4, -0.2) is 26.5 Å². The van der Waals surface area contributed by atoms with Crippen LogP contribution in [0.1, 0.15) is 16.7 Å². The Kier molecular flexibility index (Phi) is 6.42. The van der Waals surface area contributed by atoms with Crippen molar-refractivity contribution < 1.29 is 4.74 Å². The molecule has 4 nitrogen and oxygen atoms in total. The molecule has 0 atom stereocenters. The number of hydrogen-bond donors (Lipinski definition) is 2. The molecule has 4 rings (SSSR count). The summed E-state index contributed by atoms with van der Waals surface area (Å²) in [6, 6.07) is 21.4. The van der Waals surface area contributed by atoms with Crippen molar-refractivity contribution in [2.45, 2.75) is 18.4 Å². The molecule has 5 heteroatoms. The van der Waals surface area contributed by atoms with Crippen molar-refractivity contribution in [2.24, 2.45) is 0 Å². The van der Waals surface area contributed by atoms with Crippen molar-refractivity contribution in [1.29, 1.82) is 0 Å². The van der Waals surface area contributed by atoms with Gasteiger partial charge in [0, 0.05) is 41.1 Å². The minimum Gasteiger partial charge on any atom is -0.490 e. The molecule has 0 unspecified atom stereocenters. The highest BCUT2D eigenvalue weighted by Gasteiger charge is 2.20. The van der Waals surface area contributed by atoms with Gasteiger partial charge in [-0.25, -0.2) is 0 Å². The Morgan fingerprint density at radius 3 is 2.61 bits per heavy atom. The molecule has 2 N–H and O–H groups in total. The summed E-state index contributed by atoms with van der Waals surface area (Å²) in [5, 5.41) is 6.68. The Bertz CT molecular complexity index is 1080. The fourth-order valence-electron chi connectivity index (χ4n) is 3.83. The maximum Gasteiger partial charge on any atom is 0.143 e. The number of benzene rings is 3. The number of rotatable bonds is 7. The van der Waals surface area contributed by atoms with Crippen molar-refractivity contribution in [3.63, 3.8) is 0 Å². The molecule has 0 aromatic heterocycles. The molecule has 0 fully saturated rings. The van der Waals surface area contributed by atoms with Gasteiger partial charge in [0.2, 0.25) is 0 Å². The van der Waals surface area contributed by atoms with Gasteiger partial charge in [0.1, 0.15) is 12.4 Å². The average Bonchev–Trinajstić information content (AvgIpc) is 2.82. The van der Waals surface area contributed by atoms with Crippen molar-refractivity contribution in [2.75, 3.05) is 36.7 Å². The maximum atomic E-state index is 6.00. The van der Waals surface area contributed by atoms with E-state index in [1.54, 1.807) is 11.8 Å². The lowest BCUT2D eigenvalue weighted by atomic mass is 10.1. The number of hydrogen-bond acceptors (Lipinski definition) is 5. The van der Waals surface area contributed by atoms with Gasteiger partial charge >= 0.3 is 0 Å². The monoisotopic (exact) mass is 431 g/mol. The summed E-state index contributed by atoms with van der Waals surface area (Å²) < 4.78 is 6.00. The van der Waals surface area contributed by atoms with E-state index in [4.69, 9.17) is 4.74 Å². The lowest BCUT2D eigenvalue weighted by Crippen LogP contribution is -2.28. The third-order valence-electron chi connectivity index (χ3n) is 5.63. The van der Waals surface area contributed by atoms with Crippen LogP contribution in [-0.2, 0) is 6.54 Å². The van der Waals surface area contributed by atoms with Crippen LogP contribution in [0.25, 0.3) is 5.70 Å². The Labute approximate surface area is 189 Å². The van der Waals surface area contributed by atoms with Crippen LogP contribution >= 0.6 is 11.8 Å². The number of nitrogens with zero attached hydrogens (tertiary/aromatic N) is 1. The molecule has 1 aliphatic rings. The molecule has 160 valence electrons. The van der Waals surface area contributed by atoms with E-state index in [0.717, 1.165) is 41.5 Å². The lowest BCUT2D eigenvalue weighted by molar-refractivity contribution is 0.314. The smallest absolute Gasteiger partial charge is 0.143 e. The summed E-state index contributed by atoms with van der Waals surface area (Å²) in [5.41, 5.74) is 7.83. The third-order valence-corrected chi connectivity index (χ3v) is 6.37. The first-order valence-corrected chi connectivity index (χ1v) is 11.7. The van der Waals surface area contributed by atoms with E-state index in [1.165, 1.54) is 21.7 Å². The van der Waals surface area contributed by atoms with Crippen LogP contribution in [0.3, 0.4) is 0 Å². The van der Waals surface area contributed by atoms with Crippen LogP contribution < -0.4 is 20.3 Å². The van der Waals surface area contributed by atoms with Gasteiger partial charge in [0.15, 0.2) is 0 Å². The number of anilines is 3. The predicted octanol–water partition coefficient (Wildman–Crippen LogP) is 6.05. The first-order valence-electron chi connectivity index (χ1n) is 10.5. The van der Waals surface area contributed by atoms with Gasteiger partial charge in [-0.3, -0.25) is 0 Å². The fourth-order valence-corrected chi connectivity index (χ4v) is 4.23. The highest BCUT2D eigenvalue weighted by Crippen LogP contribution is 2.39. The van der Waals surface area contributed by atoms with Gasteiger partial charge in [-0.15, -0.1) is 11.8 Å². The molecule has 0 amide bonds. The van der Waals surface area contributed by atoms with Gasteiger partial charge in [-0.1, -0.05) is 24.8 Å². The Morgan fingerprint density at radius 2 is 1.90 bits per heavy atom. The summed E-state index contributed by atoms with van der Waals surface area (Å²) >= 11 is 1.75. The summed E-state index contributed by atoms with van der Waals surface area (Å²) in [7, 11) is 1.95. The molecule has 1 heterocycles. The summed E-state index contributed by atoms with van der Waals surface area (Å²) in [4.78, 5) is 3.59. The summed E-state index contributed by atoms with van der Waals surface area (Å²) in [5.74, 6) is 0.895. The Balaban J connectivity index is 1.49. The van der Waals surface area contributed by atoms with Gasteiger partial charge in [0.05, 0.1) is 12.2 Å². The summed E-state index contributed by atoms with van der Waals surface area (Å²) in [6.45, 7) is 8.60. The van der Waals surface area contributed by atoms with Gasteiger partial charge in [0.25, 0.3) is 0 Å². The molecule has 0 radical (unpaired) electrons. The first kappa shape index (κ1) is 21.2. The number of thioether (sulfide) groups is 1. The topological polar surface area (TPSA) is 36.5 Å². The van der Waals surface area contributed by atoms with Crippen molar-refractivity contribution in [3.8, 4) is 5.75 Å². The molecule has 31 heavy (non-hydrogen) atoms. The minimum absolute atomic E-state index is 0.658. The second-order valence-electron chi connectivity index (χ2n) is 7.61. The highest BCUT2D eigenvalue weighted by molar-refractivity contribution is 7.98. The number of ether oxygens (including phenoxy) is 1. The maximum absolute atomic E-state index is 6.00. The van der Waals surface area contributed by atoms with Crippen LogP contribution in [0.4, 0.5) is 17.1 Å². The Hall–Kier alpha value is -3.05. The quantitative estimate of drug-likeness (QED) is 0.445. The largest absolute Gasteiger partial charge is 0.490 e. The van der Waals surface area contributed by atoms with E-state index >= 15 is 0 Å². The zero-order chi connectivity index (χ0) is 21.8. The zero-order valence-corrected chi connectivity index (χ0v) is 19.2. The first-order chi connectivity index (χ1) is 15.1. The number of fused-ring (bicyclic) bond motifs is 1. The molecule has 0 bridgehead atoms. The second-order valence-corrected chi connectivity index (χ2v) is 8.49. The molecule has 3 aromatic carbocycles. The van der Waals surface area contributed by atoms with E-state index in [9.17, 15) is 0 Å². The molecular weight excluding hydrogens is 402 g/mol.